The molecule has 1 aromatic carbocycles. The molecule has 0 radical (unpaired) electrons. The molecule has 0 fully saturated rings. The Morgan fingerprint density at radius 1 is 1.07 bits per heavy atom. The minimum absolute atomic E-state index is 0.198. The van der Waals surface area contributed by atoms with Crippen molar-refractivity contribution < 1.29 is 9.13 Å². The van der Waals surface area contributed by atoms with Gasteiger partial charge in [0.25, 0.3) is 0 Å². The highest BCUT2D eigenvalue weighted by atomic mass is 19.1. The number of halogens is 1. The number of aromatic nitrogens is 2. The monoisotopic (exact) mass is 190 g/mol. The smallest absolute Gasteiger partial charge is 0.311 e. The van der Waals surface area contributed by atoms with Gasteiger partial charge in [-0.1, -0.05) is 18.2 Å². The van der Waals surface area contributed by atoms with Crippen LogP contribution in [0.15, 0.2) is 42.6 Å². The van der Waals surface area contributed by atoms with Crippen LogP contribution < -0.4 is 4.74 Å². The Hall–Kier alpha value is -1.97. The van der Waals surface area contributed by atoms with Gasteiger partial charge in [0.2, 0.25) is 5.88 Å². The molecule has 0 N–H and O–H groups in total. The van der Waals surface area contributed by atoms with Crippen molar-refractivity contribution >= 4 is 0 Å². The standard InChI is InChI=1S/C10H7FN2O/c11-10-12-7-6-9(13-10)14-8-4-2-1-3-5-8/h1-7H. The Morgan fingerprint density at radius 3 is 2.57 bits per heavy atom. The number of benzene rings is 1. The summed E-state index contributed by atoms with van der Waals surface area (Å²) in [7, 11) is 0. The molecule has 0 aliphatic carbocycles. The van der Waals surface area contributed by atoms with E-state index in [9.17, 15) is 4.39 Å². The van der Waals surface area contributed by atoms with Crippen LogP contribution in [0.1, 0.15) is 0 Å². The van der Waals surface area contributed by atoms with Crippen molar-refractivity contribution in [1.82, 2.24) is 9.97 Å². The number of hydrogen-bond donors (Lipinski definition) is 0. The van der Waals surface area contributed by atoms with Gasteiger partial charge in [0.05, 0.1) is 0 Å². The highest BCUT2D eigenvalue weighted by Crippen LogP contribution is 2.17. The number of rotatable bonds is 2. The summed E-state index contributed by atoms with van der Waals surface area (Å²) in [6.07, 6.45) is 0.513. The summed E-state index contributed by atoms with van der Waals surface area (Å²) in [5.74, 6) is 0.814. The molecule has 14 heavy (non-hydrogen) atoms. The van der Waals surface area contributed by atoms with Crippen LogP contribution in [0, 0.1) is 6.08 Å². The molecule has 0 saturated heterocycles. The quantitative estimate of drug-likeness (QED) is 0.682. The van der Waals surface area contributed by atoms with E-state index in [1.54, 1.807) is 12.1 Å². The summed E-state index contributed by atoms with van der Waals surface area (Å²) in [4.78, 5) is 6.79. The van der Waals surface area contributed by atoms with Crippen molar-refractivity contribution in [3.63, 3.8) is 0 Å². The van der Waals surface area contributed by atoms with E-state index in [4.69, 9.17) is 4.74 Å². The molecular formula is C10H7FN2O. The first kappa shape index (κ1) is 8.62. The molecule has 2 aromatic rings. The summed E-state index contributed by atoms with van der Waals surface area (Å²) < 4.78 is 17.8. The minimum atomic E-state index is -0.793. The lowest BCUT2D eigenvalue weighted by molar-refractivity contribution is 0.435. The van der Waals surface area contributed by atoms with Crippen LogP contribution >= 0.6 is 0 Å². The molecule has 0 atom stereocenters. The molecule has 4 heteroatoms. The van der Waals surface area contributed by atoms with Gasteiger partial charge in [-0.3, -0.25) is 0 Å². The molecule has 1 heterocycles. The fourth-order valence-electron chi connectivity index (χ4n) is 0.986. The first-order chi connectivity index (χ1) is 6.84. The second-order valence-corrected chi connectivity index (χ2v) is 2.58. The lowest BCUT2D eigenvalue weighted by atomic mass is 10.3. The largest absolute Gasteiger partial charge is 0.439 e. The van der Waals surface area contributed by atoms with Gasteiger partial charge >= 0.3 is 6.08 Å². The van der Waals surface area contributed by atoms with E-state index in [0.29, 0.717) is 5.75 Å². The van der Waals surface area contributed by atoms with Crippen LogP contribution in [0.4, 0.5) is 4.39 Å². The topological polar surface area (TPSA) is 35.0 Å². The normalized spacial score (nSPS) is 9.79. The first-order valence-corrected chi connectivity index (χ1v) is 4.06. The highest BCUT2D eigenvalue weighted by molar-refractivity contribution is 5.25. The molecule has 0 aliphatic rings. The maximum Gasteiger partial charge on any atom is 0.311 e. The van der Waals surface area contributed by atoms with Crippen molar-refractivity contribution in [3.8, 4) is 11.6 Å². The molecule has 3 nitrogen and oxygen atoms in total. The average molecular weight is 190 g/mol. The average Bonchev–Trinajstić information content (AvgIpc) is 2.19. The number of nitrogens with zero attached hydrogens (tertiary/aromatic N) is 2. The molecule has 70 valence electrons. The SMILES string of the molecule is Fc1nccc(Oc2ccccc2)n1. The van der Waals surface area contributed by atoms with Gasteiger partial charge in [-0.25, -0.2) is 4.98 Å². The second kappa shape index (κ2) is 3.83. The zero-order valence-corrected chi connectivity index (χ0v) is 7.22. The number of ether oxygens (including phenoxy) is 1. The van der Waals surface area contributed by atoms with E-state index in [1.165, 1.54) is 12.3 Å². The minimum Gasteiger partial charge on any atom is -0.439 e. The molecule has 0 saturated carbocycles. The van der Waals surface area contributed by atoms with Gasteiger partial charge in [-0.15, -0.1) is 0 Å². The van der Waals surface area contributed by atoms with Gasteiger partial charge < -0.3 is 4.74 Å². The van der Waals surface area contributed by atoms with E-state index in [-0.39, 0.29) is 5.88 Å². The van der Waals surface area contributed by atoms with Gasteiger partial charge in [0, 0.05) is 12.3 Å². The molecule has 2 rings (SSSR count). The van der Waals surface area contributed by atoms with Crippen LogP contribution in [0.3, 0.4) is 0 Å². The summed E-state index contributed by atoms with van der Waals surface area (Å²) in [5.41, 5.74) is 0. The van der Waals surface area contributed by atoms with E-state index >= 15 is 0 Å². The van der Waals surface area contributed by atoms with Crippen molar-refractivity contribution in [1.29, 1.82) is 0 Å². The van der Waals surface area contributed by atoms with E-state index in [1.807, 2.05) is 18.2 Å². The van der Waals surface area contributed by atoms with Gasteiger partial charge in [0.15, 0.2) is 0 Å². The predicted molar refractivity (Wildman–Crippen MR) is 48.5 cm³/mol. The van der Waals surface area contributed by atoms with E-state index in [2.05, 4.69) is 9.97 Å². The van der Waals surface area contributed by atoms with Crippen molar-refractivity contribution in [2.75, 3.05) is 0 Å². The fraction of sp³-hybridized carbons (Fsp3) is 0. The zero-order valence-electron chi connectivity index (χ0n) is 7.22. The van der Waals surface area contributed by atoms with Crippen LogP contribution in [0.25, 0.3) is 0 Å². The fourth-order valence-corrected chi connectivity index (χ4v) is 0.986. The second-order valence-electron chi connectivity index (χ2n) is 2.58. The Labute approximate surface area is 80.2 Å². The molecule has 0 amide bonds. The number of hydrogen-bond acceptors (Lipinski definition) is 3. The summed E-state index contributed by atoms with van der Waals surface area (Å²) >= 11 is 0. The maximum absolute atomic E-state index is 12.6. The first-order valence-electron chi connectivity index (χ1n) is 4.06. The Balaban J connectivity index is 2.19. The van der Waals surface area contributed by atoms with Crippen molar-refractivity contribution in [3.05, 3.63) is 48.7 Å². The third-order valence-electron chi connectivity index (χ3n) is 1.57. The van der Waals surface area contributed by atoms with Crippen LogP contribution in [0.5, 0.6) is 11.6 Å². The Kier molecular flexibility index (Phi) is 2.36. The highest BCUT2D eigenvalue weighted by Gasteiger charge is 1.99. The van der Waals surface area contributed by atoms with Crippen molar-refractivity contribution in [2.24, 2.45) is 0 Å². The molecule has 1 aromatic heterocycles. The van der Waals surface area contributed by atoms with Crippen LogP contribution in [0.2, 0.25) is 0 Å². The van der Waals surface area contributed by atoms with Gasteiger partial charge in [0.1, 0.15) is 5.75 Å². The number of para-hydroxylation sites is 1. The molecular weight excluding hydrogens is 183 g/mol. The Bertz CT molecular complexity index is 419. The lowest BCUT2D eigenvalue weighted by Gasteiger charge is -2.02. The predicted octanol–water partition coefficient (Wildman–Crippen LogP) is 2.41. The summed E-state index contributed by atoms with van der Waals surface area (Å²) in [6, 6.07) is 10.5. The Morgan fingerprint density at radius 2 is 1.86 bits per heavy atom. The van der Waals surface area contributed by atoms with Crippen LogP contribution in [-0.4, -0.2) is 9.97 Å². The molecule has 0 unspecified atom stereocenters. The molecule has 0 bridgehead atoms. The molecule has 0 spiro atoms. The molecule has 0 aliphatic heterocycles. The van der Waals surface area contributed by atoms with Gasteiger partial charge in [-0.2, -0.15) is 9.37 Å². The third-order valence-corrected chi connectivity index (χ3v) is 1.57. The summed E-state index contributed by atoms with van der Waals surface area (Å²) in [6.45, 7) is 0. The lowest BCUT2D eigenvalue weighted by Crippen LogP contribution is -1.92. The van der Waals surface area contributed by atoms with Crippen LogP contribution in [-0.2, 0) is 0 Å². The van der Waals surface area contributed by atoms with E-state index < -0.39 is 6.08 Å². The van der Waals surface area contributed by atoms with Crippen molar-refractivity contribution in [2.45, 2.75) is 0 Å². The van der Waals surface area contributed by atoms with Gasteiger partial charge in [-0.05, 0) is 12.1 Å². The maximum atomic E-state index is 12.6. The van der Waals surface area contributed by atoms with E-state index in [0.717, 1.165) is 0 Å². The zero-order chi connectivity index (χ0) is 9.80. The third kappa shape index (κ3) is 2.04. The summed E-state index contributed by atoms with van der Waals surface area (Å²) in [5, 5.41) is 0.